The van der Waals surface area contributed by atoms with E-state index in [1.165, 1.54) is 6.42 Å². The molecule has 0 unspecified atom stereocenters. The lowest BCUT2D eigenvalue weighted by Crippen LogP contribution is -2.54. The number of nitrogens with two attached hydrogens (primary N) is 1. The first-order valence-corrected chi connectivity index (χ1v) is 5.46. The molecule has 0 bridgehead atoms. The van der Waals surface area contributed by atoms with Crippen molar-refractivity contribution in [1.82, 2.24) is 5.32 Å². The lowest BCUT2D eigenvalue weighted by Gasteiger charge is -2.40. The third-order valence-corrected chi connectivity index (χ3v) is 2.80. The molecule has 0 aliphatic carbocycles. The van der Waals surface area contributed by atoms with Gasteiger partial charge in [-0.05, 0) is 18.4 Å². The zero-order chi connectivity index (χ0) is 10.7. The number of hydrogen-bond acceptors (Lipinski definition) is 3. The first-order chi connectivity index (χ1) is 6.47. The van der Waals surface area contributed by atoms with E-state index in [4.69, 9.17) is 10.5 Å². The first kappa shape index (κ1) is 12.0. The molecule has 3 nitrogen and oxygen atoms in total. The topological polar surface area (TPSA) is 47.3 Å². The van der Waals surface area contributed by atoms with Crippen molar-refractivity contribution in [2.45, 2.75) is 27.2 Å². The Morgan fingerprint density at radius 1 is 1.36 bits per heavy atom. The summed E-state index contributed by atoms with van der Waals surface area (Å²) in [6.07, 6.45) is 1.20. The van der Waals surface area contributed by atoms with E-state index >= 15 is 0 Å². The number of nitrogens with one attached hydrogen (secondary N) is 1. The molecule has 0 atom stereocenters. The van der Waals surface area contributed by atoms with E-state index in [2.05, 4.69) is 26.1 Å². The maximum atomic E-state index is 5.72. The van der Waals surface area contributed by atoms with Crippen molar-refractivity contribution in [3.8, 4) is 0 Å². The molecule has 14 heavy (non-hydrogen) atoms. The molecule has 0 aromatic heterocycles. The molecular weight excluding hydrogens is 176 g/mol. The summed E-state index contributed by atoms with van der Waals surface area (Å²) in [5.74, 6) is 0. The minimum absolute atomic E-state index is 0.234. The lowest BCUT2D eigenvalue weighted by atomic mass is 9.86. The van der Waals surface area contributed by atoms with Gasteiger partial charge in [0.15, 0.2) is 0 Å². The second kappa shape index (κ2) is 4.60. The molecule has 1 heterocycles. The molecule has 0 radical (unpaired) electrons. The van der Waals surface area contributed by atoms with Gasteiger partial charge in [0.25, 0.3) is 0 Å². The fraction of sp³-hybridized carbons (Fsp3) is 1.00. The van der Waals surface area contributed by atoms with E-state index in [9.17, 15) is 0 Å². The summed E-state index contributed by atoms with van der Waals surface area (Å²) < 4.78 is 5.21. The fourth-order valence-corrected chi connectivity index (χ4v) is 1.50. The molecule has 0 spiro atoms. The Bertz CT molecular complexity index is 165. The van der Waals surface area contributed by atoms with Crippen LogP contribution in [0.3, 0.4) is 0 Å². The Morgan fingerprint density at radius 3 is 2.36 bits per heavy atom. The summed E-state index contributed by atoms with van der Waals surface area (Å²) in [7, 11) is 0. The molecular formula is C11H24N2O. The smallest absolute Gasteiger partial charge is 0.0569 e. The minimum atomic E-state index is 0.234. The Morgan fingerprint density at radius 2 is 2.00 bits per heavy atom. The van der Waals surface area contributed by atoms with Crippen molar-refractivity contribution in [3.63, 3.8) is 0 Å². The first-order valence-electron chi connectivity index (χ1n) is 5.46. The summed E-state index contributed by atoms with van der Waals surface area (Å²) >= 11 is 0. The Labute approximate surface area is 87.4 Å². The van der Waals surface area contributed by atoms with Crippen LogP contribution in [0.25, 0.3) is 0 Å². The van der Waals surface area contributed by atoms with Crippen LogP contribution in [0.1, 0.15) is 27.2 Å². The van der Waals surface area contributed by atoms with Gasteiger partial charge in [0, 0.05) is 18.5 Å². The highest BCUT2D eigenvalue weighted by Gasteiger charge is 2.36. The third-order valence-electron chi connectivity index (χ3n) is 2.80. The summed E-state index contributed by atoms with van der Waals surface area (Å²) in [6, 6.07) is 0. The van der Waals surface area contributed by atoms with Gasteiger partial charge in [-0.15, -0.1) is 0 Å². The minimum Gasteiger partial charge on any atom is -0.380 e. The average molecular weight is 200 g/mol. The molecule has 1 aliphatic rings. The maximum Gasteiger partial charge on any atom is 0.0569 e. The van der Waals surface area contributed by atoms with Crippen molar-refractivity contribution in [3.05, 3.63) is 0 Å². The van der Waals surface area contributed by atoms with Gasteiger partial charge < -0.3 is 15.8 Å². The summed E-state index contributed by atoms with van der Waals surface area (Å²) in [5.41, 5.74) is 6.37. The largest absolute Gasteiger partial charge is 0.380 e. The fourth-order valence-electron chi connectivity index (χ4n) is 1.50. The molecule has 0 amide bonds. The van der Waals surface area contributed by atoms with Crippen molar-refractivity contribution in [1.29, 1.82) is 0 Å². The summed E-state index contributed by atoms with van der Waals surface area (Å²) in [4.78, 5) is 0. The van der Waals surface area contributed by atoms with Gasteiger partial charge >= 0.3 is 0 Å². The van der Waals surface area contributed by atoms with Crippen LogP contribution in [0.2, 0.25) is 0 Å². The average Bonchev–Trinajstić information content (AvgIpc) is 2.00. The van der Waals surface area contributed by atoms with E-state index in [1.807, 2.05) is 0 Å². The van der Waals surface area contributed by atoms with Crippen LogP contribution in [-0.2, 0) is 4.74 Å². The molecule has 84 valence electrons. The molecule has 1 fully saturated rings. The van der Waals surface area contributed by atoms with Crippen LogP contribution < -0.4 is 11.1 Å². The molecule has 0 aromatic rings. The van der Waals surface area contributed by atoms with Gasteiger partial charge in [0.1, 0.15) is 0 Å². The SMILES string of the molecule is CC(C)(C)CCNCC1(CN)COC1. The van der Waals surface area contributed by atoms with Gasteiger partial charge in [-0.25, -0.2) is 0 Å². The zero-order valence-electron chi connectivity index (χ0n) is 9.73. The Kier molecular flexibility index (Phi) is 3.93. The molecule has 3 N–H and O–H groups in total. The van der Waals surface area contributed by atoms with Crippen molar-refractivity contribution >= 4 is 0 Å². The van der Waals surface area contributed by atoms with E-state index in [-0.39, 0.29) is 5.41 Å². The van der Waals surface area contributed by atoms with E-state index in [0.717, 1.165) is 32.8 Å². The van der Waals surface area contributed by atoms with Gasteiger partial charge in [-0.1, -0.05) is 20.8 Å². The van der Waals surface area contributed by atoms with E-state index < -0.39 is 0 Å². The third kappa shape index (κ3) is 3.56. The van der Waals surface area contributed by atoms with Gasteiger partial charge in [0.2, 0.25) is 0 Å². The molecule has 0 saturated carbocycles. The Balaban J connectivity index is 2.09. The number of hydrogen-bond donors (Lipinski definition) is 2. The van der Waals surface area contributed by atoms with Gasteiger partial charge in [0.05, 0.1) is 13.2 Å². The number of ether oxygens (including phenoxy) is 1. The summed E-state index contributed by atoms with van der Waals surface area (Å²) in [5, 5.41) is 3.48. The molecule has 1 aliphatic heterocycles. The number of rotatable bonds is 5. The second-order valence-electron chi connectivity index (χ2n) is 5.68. The van der Waals surface area contributed by atoms with Crippen LogP contribution in [0.15, 0.2) is 0 Å². The molecule has 0 aromatic carbocycles. The summed E-state index contributed by atoms with van der Waals surface area (Å²) in [6.45, 7) is 11.2. The van der Waals surface area contributed by atoms with Crippen LogP contribution in [0.4, 0.5) is 0 Å². The predicted octanol–water partition coefficient (Wildman–Crippen LogP) is 0.988. The molecule has 1 saturated heterocycles. The zero-order valence-corrected chi connectivity index (χ0v) is 9.73. The maximum absolute atomic E-state index is 5.72. The standard InChI is InChI=1S/C11H24N2O/c1-10(2,3)4-5-13-7-11(6-12)8-14-9-11/h13H,4-9,12H2,1-3H3. The second-order valence-corrected chi connectivity index (χ2v) is 5.68. The Hall–Kier alpha value is -0.120. The van der Waals surface area contributed by atoms with Crippen molar-refractivity contribution < 1.29 is 4.74 Å². The van der Waals surface area contributed by atoms with Crippen LogP contribution in [0.5, 0.6) is 0 Å². The molecule has 1 rings (SSSR count). The monoisotopic (exact) mass is 200 g/mol. The van der Waals surface area contributed by atoms with E-state index in [1.54, 1.807) is 0 Å². The highest BCUT2D eigenvalue weighted by Crippen LogP contribution is 2.25. The van der Waals surface area contributed by atoms with Crippen LogP contribution in [-0.4, -0.2) is 32.8 Å². The quantitative estimate of drug-likeness (QED) is 0.651. The molecule has 3 heteroatoms. The highest BCUT2D eigenvalue weighted by molar-refractivity contribution is 4.88. The van der Waals surface area contributed by atoms with Crippen LogP contribution in [0, 0.1) is 10.8 Å². The van der Waals surface area contributed by atoms with Crippen molar-refractivity contribution in [2.24, 2.45) is 16.6 Å². The van der Waals surface area contributed by atoms with Gasteiger partial charge in [-0.2, -0.15) is 0 Å². The predicted molar refractivity (Wildman–Crippen MR) is 59.2 cm³/mol. The normalized spacial score (nSPS) is 20.6. The van der Waals surface area contributed by atoms with Crippen LogP contribution >= 0.6 is 0 Å². The highest BCUT2D eigenvalue weighted by atomic mass is 16.5. The van der Waals surface area contributed by atoms with Crippen molar-refractivity contribution in [2.75, 3.05) is 32.8 Å². The van der Waals surface area contributed by atoms with E-state index in [0.29, 0.717) is 5.41 Å². The van der Waals surface area contributed by atoms with Gasteiger partial charge in [-0.3, -0.25) is 0 Å². The lowest BCUT2D eigenvalue weighted by molar-refractivity contribution is -0.104.